The number of rotatable bonds is 6. The van der Waals surface area contributed by atoms with Gasteiger partial charge in [0.2, 0.25) is 0 Å². The van der Waals surface area contributed by atoms with E-state index in [1.165, 1.54) is 18.3 Å². The van der Waals surface area contributed by atoms with E-state index >= 15 is 0 Å². The number of hydrogen-bond acceptors (Lipinski definition) is 3. The first-order chi connectivity index (χ1) is 11.5. The highest BCUT2D eigenvalue weighted by Gasteiger charge is 2.09. The Morgan fingerprint density at radius 1 is 1.29 bits per heavy atom. The molecule has 1 amide bonds. The minimum absolute atomic E-state index is 0.265. The van der Waals surface area contributed by atoms with Crippen LogP contribution in [0.2, 0.25) is 10.0 Å². The van der Waals surface area contributed by atoms with Crippen molar-refractivity contribution in [3.05, 3.63) is 74.7 Å². The normalized spacial score (nSPS) is 10.6. The van der Waals surface area contributed by atoms with Gasteiger partial charge in [-0.05, 0) is 57.9 Å². The Labute approximate surface area is 158 Å². The van der Waals surface area contributed by atoms with Gasteiger partial charge in [0.15, 0.2) is 0 Å². The maximum Gasteiger partial charge on any atom is 0.272 e. The van der Waals surface area contributed by atoms with Crippen molar-refractivity contribution in [3.63, 3.8) is 0 Å². The molecule has 1 N–H and O–H groups in total. The van der Waals surface area contributed by atoms with Gasteiger partial charge in [-0.2, -0.15) is 5.10 Å². The smallest absolute Gasteiger partial charge is 0.272 e. The van der Waals surface area contributed by atoms with Gasteiger partial charge in [-0.3, -0.25) is 4.79 Å². The number of nitrogens with zero attached hydrogens (tertiary/aromatic N) is 1. The van der Waals surface area contributed by atoms with Crippen LogP contribution in [-0.2, 0) is 0 Å². The monoisotopic (exact) mass is 426 g/mol. The summed E-state index contributed by atoms with van der Waals surface area (Å²) in [5.74, 6) is 0.280. The molecule has 124 valence electrons. The summed E-state index contributed by atoms with van der Waals surface area (Å²) in [6, 6.07) is 10.1. The highest BCUT2D eigenvalue weighted by Crippen LogP contribution is 2.25. The van der Waals surface area contributed by atoms with Crippen molar-refractivity contribution in [2.75, 3.05) is 6.61 Å². The van der Waals surface area contributed by atoms with Gasteiger partial charge >= 0.3 is 0 Å². The topological polar surface area (TPSA) is 50.7 Å². The summed E-state index contributed by atoms with van der Waals surface area (Å²) < 4.78 is 6.24. The standard InChI is InChI=1S/C17H13BrCl2N2O2/c1-2-7-24-16-6-3-11(8-14(16)18)10-21-22-17(23)13-5-4-12(19)9-15(13)20/h2-6,8-10H,1,7H2,(H,22,23)/b21-10-. The quantitative estimate of drug-likeness (QED) is 0.396. The molecular weight excluding hydrogens is 415 g/mol. The fourth-order valence-electron chi connectivity index (χ4n) is 1.76. The molecule has 4 nitrogen and oxygen atoms in total. The Kier molecular flexibility index (Phi) is 6.85. The lowest BCUT2D eigenvalue weighted by Gasteiger charge is -2.06. The van der Waals surface area contributed by atoms with Crippen LogP contribution in [-0.4, -0.2) is 18.7 Å². The minimum Gasteiger partial charge on any atom is -0.488 e. The van der Waals surface area contributed by atoms with Gasteiger partial charge in [-0.15, -0.1) is 0 Å². The van der Waals surface area contributed by atoms with Crippen LogP contribution in [0, 0.1) is 0 Å². The maximum absolute atomic E-state index is 12.0. The van der Waals surface area contributed by atoms with Crippen LogP contribution < -0.4 is 10.2 Å². The third kappa shape index (κ3) is 5.09. The van der Waals surface area contributed by atoms with Crippen molar-refractivity contribution < 1.29 is 9.53 Å². The largest absolute Gasteiger partial charge is 0.488 e. The zero-order chi connectivity index (χ0) is 17.5. The number of amides is 1. The highest BCUT2D eigenvalue weighted by atomic mass is 79.9. The van der Waals surface area contributed by atoms with Crippen molar-refractivity contribution >= 4 is 51.3 Å². The Bertz CT molecular complexity index is 794. The van der Waals surface area contributed by atoms with Crippen molar-refractivity contribution in [2.24, 2.45) is 5.10 Å². The molecule has 2 aromatic carbocycles. The van der Waals surface area contributed by atoms with Crippen LogP contribution in [0.15, 0.2) is 58.6 Å². The second-order valence-electron chi connectivity index (χ2n) is 4.61. The summed E-state index contributed by atoms with van der Waals surface area (Å²) in [5.41, 5.74) is 3.51. The second kappa shape index (κ2) is 8.87. The Hall–Kier alpha value is -1.82. The molecule has 0 fully saturated rings. The fourth-order valence-corrected chi connectivity index (χ4v) is 2.77. The van der Waals surface area contributed by atoms with Gasteiger partial charge in [0, 0.05) is 5.02 Å². The summed E-state index contributed by atoms with van der Waals surface area (Å²) in [7, 11) is 0. The van der Waals surface area contributed by atoms with Crippen LogP contribution in [0.5, 0.6) is 5.75 Å². The SMILES string of the molecule is C=CCOc1ccc(/C=N\NC(=O)c2ccc(Cl)cc2Cl)cc1Br. The van der Waals surface area contributed by atoms with Crippen LogP contribution in [0.4, 0.5) is 0 Å². The first-order valence-corrected chi connectivity index (χ1v) is 8.38. The Balaban J connectivity index is 2.02. The Morgan fingerprint density at radius 3 is 2.75 bits per heavy atom. The molecule has 0 unspecified atom stereocenters. The zero-order valence-corrected chi connectivity index (χ0v) is 15.5. The molecule has 0 aliphatic heterocycles. The molecule has 2 rings (SSSR count). The number of halogens is 3. The van der Waals surface area contributed by atoms with Gasteiger partial charge in [0.1, 0.15) is 12.4 Å². The third-order valence-electron chi connectivity index (χ3n) is 2.87. The lowest BCUT2D eigenvalue weighted by Crippen LogP contribution is -2.18. The van der Waals surface area contributed by atoms with E-state index in [0.717, 1.165) is 10.0 Å². The van der Waals surface area contributed by atoms with Gasteiger partial charge < -0.3 is 4.74 Å². The van der Waals surface area contributed by atoms with Crippen LogP contribution in [0.25, 0.3) is 0 Å². The number of hydrazone groups is 1. The molecule has 0 aliphatic carbocycles. The van der Waals surface area contributed by atoms with E-state index in [2.05, 4.69) is 33.0 Å². The average molecular weight is 428 g/mol. The van der Waals surface area contributed by atoms with E-state index in [0.29, 0.717) is 22.9 Å². The molecule has 0 bridgehead atoms. The summed E-state index contributed by atoms with van der Waals surface area (Å²) in [6.45, 7) is 4.02. The summed E-state index contributed by atoms with van der Waals surface area (Å²) in [4.78, 5) is 12.0. The molecule has 2 aromatic rings. The molecular formula is C17H13BrCl2N2O2. The van der Waals surface area contributed by atoms with Gasteiger partial charge in [-0.25, -0.2) is 5.43 Å². The zero-order valence-electron chi connectivity index (χ0n) is 12.4. The maximum atomic E-state index is 12.0. The molecule has 0 aromatic heterocycles. The lowest BCUT2D eigenvalue weighted by molar-refractivity contribution is 0.0955. The first-order valence-electron chi connectivity index (χ1n) is 6.83. The van der Waals surface area contributed by atoms with E-state index in [-0.39, 0.29) is 5.02 Å². The van der Waals surface area contributed by atoms with Crippen molar-refractivity contribution in [1.82, 2.24) is 5.43 Å². The number of carbonyl (C=O) groups is 1. The van der Waals surface area contributed by atoms with E-state index in [1.807, 2.05) is 12.1 Å². The molecule has 24 heavy (non-hydrogen) atoms. The van der Waals surface area contributed by atoms with Crippen LogP contribution in [0.3, 0.4) is 0 Å². The van der Waals surface area contributed by atoms with Crippen molar-refractivity contribution in [2.45, 2.75) is 0 Å². The van der Waals surface area contributed by atoms with Gasteiger partial charge in [-0.1, -0.05) is 35.9 Å². The Morgan fingerprint density at radius 2 is 2.08 bits per heavy atom. The van der Waals surface area contributed by atoms with E-state index in [9.17, 15) is 4.79 Å². The molecule has 0 saturated heterocycles. The predicted molar refractivity (Wildman–Crippen MR) is 101 cm³/mol. The van der Waals surface area contributed by atoms with E-state index in [4.69, 9.17) is 27.9 Å². The summed E-state index contributed by atoms with van der Waals surface area (Å²) in [5, 5.41) is 4.65. The average Bonchev–Trinajstić information content (AvgIpc) is 2.54. The molecule has 0 saturated carbocycles. The molecule has 0 atom stereocenters. The van der Waals surface area contributed by atoms with Gasteiger partial charge in [0.25, 0.3) is 5.91 Å². The molecule has 0 aliphatic rings. The molecule has 0 spiro atoms. The molecule has 0 radical (unpaired) electrons. The first kappa shape index (κ1) is 18.5. The predicted octanol–water partition coefficient (Wildman–Crippen LogP) is 5.08. The second-order valence-corrected chi connectivity index (χ2v) is 6.31. The van der Waals surface area contributed by atoms with Crippen molar-refractivity contribution in [3.8, 4) is 5.75 Å². The fraction of sp³-hybridized carbons (Fsp3) is 0.0588. The number of hydrogen-bond donors (Lipinski definition) is 1. The third-order valence-corrected chi connectivity index (χ3v) is 4.04. The van der Waals surface area contributed by atoms with Crippen LogP contribution in [0.1, 0.15) is 15.9 Å². The number of ether oxygens (including phenoxy) is 1. The van der Waals surface area contributed by atoms with Gasteiger partial charge in [0.05, 0.1) is 21.3 Å². The lowest BCUT2D eigenvalue weighted by atomic mass is 10.2. The molecule has 0 heterocycles. The number of nitrogens with one attached hydrogen (secondary N) is 1. The van der Waals surface area contributed by atoms with Crippen LogP contribution >= 0.6 is 39.1 Å². The van der Waals surface area contributed by atoms with E-state index in [1.54, 1.807) is 18.2 Å². The minimum atomic E-state index is -0.419. The summed E-state index contributed by atoms with van der Waals surface area (Å²) >= 11 is 15.2. The highest BCUT2D eigenvalue weighted by molar-refractivity contribution is 9.10. The van der Waals surface area contributed by atoms with Crippen molar-refractivity contribution in [1.29, 1.82) is 0 Å². The summed E-state index contributed by atoms with van der Waals surface area (Å²) in [6.07, 6.45) is 3.18. The molecule has 7 heteroatoms. The van der Waals surface area contributed by atoms with E-state index < -0.39 is 5.91 Å². The number of carbonyl (C=O) groups excluding carboxylic acids is 1. The number of benzene rings is 2.